The Kier molecular flexibility index (Phi) is 4.83. The van der Waals surface area contributed by atoms with Gasteiger partial charge in [0.25, 0.3) is 0 Å². The molecule has 0 bridgehead atoms. The zero-order chi connectivity index (χ0) is 10.4. The molecule has 0 radical (unpaired) electrons. The van der Waals surface area contributed by atoms with Gasteiger partial charge in [0, 0.05) is 5.57 Å². The molecule has 3 nitrogen and oxygen atoms in total. The lowest BCUT2D eigenvalue weighted by Gasteiger charge is -2.09. The Hall–Kier alpha value is -1.30. The van der Waals surface area contributed by atoms with Gasteiger partial charge in [-0.2, -0.15) is 5.26 Å². The van der Waals surface area contributed by atoms with Gasteiger partial charge in [0.15, 0.2) is 0 Å². The van der Waals surface area contributed by atoms with E-state index in [4.69, 9.17) is 10.00 Å². The van der Waals surface area contributed by atoms with Crippen molar-refractivity contribution in [3.05, 3.63) is 12.2 Å². The van der Waals surface area contributed by atoms with Crippen LogP contribution in [-0.2, 0) is 9.53 Å². The SMILES string of the molecule is C=C(C(=O)OCC(C)C#N)C(C)C. The van der Waals surface area contributed by atoms with Crippen LogP contribution in [0.15, 0.2) is 12.2 Å². The first-order valence-corrected chi connectivity index (χ1v) is 4.24. The van der Waals surface area contributed by atoms with E-state index in [2.05, 4.69) is 6.58 Å². The summed E-state index contributed by atoms with van der Waals surface area (Å²) in [6.07, 6.45) is 0. The molecule has 72 valence electrons. The molecule has 0 heterocycles. The molecule has 0 amide bonds. The summed E-state index contributed by atoms with van der Waals surface area (Å²) in [6.45, 7) is 9.18. The third-order valence-electron chi connectivity index (χ3n) is 1.64. The van der Waals surface area contributed by atoms with Crippen LogP contribution in [-0.4, -0.2) is 12.6 Å². The highest BCUT2D eigenvalue weighted by atomic mass is 16.5. The van der Waals surface area contributed by atoms with Crippen LogP contribution in [0.25, 0.3) is 0 Å². The molecule has 13 heavy (non-hydrogen) atoms. The van der Waals surface area contributed by atoms with Crippen LogP contribution < -0.4 is 0 Å². The van der Waals surface area contributed by atoms with Crippen molar-refractivity contribution < 1.29 is 9.53 Å². The van der Waals surface area contributed by atoms with Crippen LogP contribution in [0.5, 0.6) is 0 Å². The van der Waals surface area contributed by atoms with Gasteiger partial charge in [0.2, 0.25) is 0 Å². The molecule has 1 unspecified atom stereocenters. The molecular weight excluding hydrogens is 166 g/mol. The van der Waals surface area contributed by atoms with Gasteiger partial charge in [0.05, 0.1) is 12.0 Å². The van der Waals surface area contributed by atoms with Crippen molar-refractivity contribution >= 4 is 5.97 Å². The predicted molar refractivity (Wildman–Crippen MR) is 49.7 cm³/mol. The molecule has 0 saturated carbocycles. The van der Waals surface area contributed by atoms with Gasteiger partial charge in [-0.15, -0.1) is 0 Å². The molecule has 0 spiro atoms. The molecule has 3 heteroatoms. The number of nitriles is 1. The molecule has 0 fully saturated rings. The van der Waals surface area contributed by atoms with E-state index in [0.29, 0.717) is 5.57 Å². The van der Waals surface area contributed by atoms with E-state index in [1.165, 1.54) is 0 Å². The van der Waals surface area contributed by atoms with Gasteiger partial charge >= 0.3 is 5.97 Å². The number of esters is 1. The van der Waals surface area contributed by atoms with Crippen molar-refractivity contribution in [2.45, 2.75) is 20.8 Å². The second-order valence-electron chi connectivity index (χ2n) is 3.31. The number of carbonyl (C=O) groups is 1. The fraction of sp³-hybridized carbons (Fsp3) is 0.600. The molecule has 0 aromatic heterocycles. The number of nitrogens with zero attached hydrogens (tertiary/aromatic N) is 1. The largest absolute Gasteiger partial charge is 0.461 e. The Bertz CT molecular complexity index is 238. The third kappa shape index (κ3) is 4.32. The Labute approximate surface area is 79.0 Å². The first-order chi connectivity index (χ1) is 5.99. The number of carbonyl (C=O) groups excluding carboxylic acids is 1. The van der Waals surface area contributed by atoms with Crippen molar-refractivity contribution in [1.82, 2.24) is 0 Å². The molecule has 0 aliphatic rings. The maximum atomic E-state index is 11.2. The maximum absolute atomic E-state index is 11.2. The van der Waals surface area contributed by atoms with Crippen LogP contribution in [0.3, 0.4) is 0 Å². The average molecular weight is 181 g/mol. The number of rotatable bonds is 4. The van der Waals surface area contributed by atoms with Crippen LogP contribution in [0.1, 0.15) is 20.8 Å². The smallest absolute Gasteiger partial charge is 0.333 e. The first-order valence-electron chi connectivity index (χ1n) is 4.24. The summed E-state index contributed by atoms with van der Waals surface area (Å²) in [7, 11) is 0. The minimum absolute atomic E-state index is 0.0879. The lowest BCUT2D eigenvalue weighted by molar-refractivity contribution is -0.140. The summed E-state index contributed by atoms with van der Waals surface area (Å²) in [4.78, 5) is 11.2. The summed E-state index contributed by atoms with van der Waals surface area (Å²) in [5.41, 5.74) is 0.449. The molecular formula is C10H15NO2. The second kappa shape index (κ2) is 5.36. The van der Waals surface area contributed by atoms with E-state index in [-0.39, 0.29) is 18.4 Å². The maximum Gasteiger partial charge on any atom is 0.333 e. The highest BCUT2D eigenvalue weighted by Gasteiger charge is 2.13. The number of ether oxygens (including phenoxy) is 1. The molecule has 0 aromatic rings. The van der Waals surface area contributed by atoms with Crippen LogP contribution in [0, 0.1) is 23.2 Å². The zero-order valence-electron chi connectivity index (χ0n) is 8.33. The van der Waals surface area contributed by atoms with Crippen molar-refractivity contribution in [1.29, 1.82) is 5.26 Å². The number of hydrogen-bond acceptors (Lipinski definition) is 3. The molecule has 0 aromatic carbocycles. The van der Waals surface area contributed by atoms with Crippen molar-refractivity contribution in [3.8, 4) is 6.07 Å². The fourth-order valence-electron chi connectivity index (χ4n) is 0.566. The van der Waals surface area contributed by atoms with Crippen LogP contribution >= 0.6 is 0 Å². The topological polar surface area (TPSA) is 50.1 Å². The minimum Gasteiger partial charge on any atom is -0.461 e. The highest BCUT2D eigenvalue weighted by molar-refractivity contribution is 5.88. The van der Waals surface area contributed by atoms with Gasteiger partial charge in [-0.05, 0) is 12.8 Å². The lowest BCUT2D eigenvalue weighted by atomic mass is 10.1. The summed E-state index contributed by atoms with van der Waals surface area (Å²) < 4.78 is 4.86. The fourth-order valence-corrected chi connectivity index (χ4v) is 0.566. The van der Waals surface area contributed by atoms with Gasteiger partial charge < -0.3 is 4.74 Å². The van der Waals surface area contributed by atoms with E-state index in [1.807, 2.05) is 19.9 Å². The monoisotopic (exact) mass is 181 g/mol. The predicted octanol–water partition coefficient (Wildman–Crippen LogP) is 1.90. The summed E-state index contributed by atoms with van der Waals surface area (Å²) in [5, 5.41) is 8.43. The van der Waals surface area contributed by atoms with Crippen molar-refractivity contribution in [3.63, 3.8) is 0 Å². The van der Waals surface area contributed by atoms with E-state index in [1.54, 1.807) is 6.92 Å². The zero-order valence-corrected chi connectivity index (χ0v) is 8.33. The van der Waals surface area contributed by atoms with Crippen LogP contribution in [0.4, 0.5) is 0 Å². The number of hydrogen-bond donors (Lipinski definition) is 0. The normalized spacial score (nSPS) is 11.9. The lowest BCUT2D eigenvalue weighted by Crippen LogP contribution is -2.15. The molecule has 0 aliphatic carbocycles. The highest BCUT2D eigenvalue weighted by Crippen LogP contribution is 2.09. The van der Waals surface area contributed by atoms with E-state index in [0.717, 1.165) is 0 Å². The summed E-state index contributed by atoms with van der Waals surface area (Å²) in [6, 6.07) is 1.98. The van der Waals surface area contributed by atoms with Gasteiger partial charge in [-0.25, -0.2) is 4.79 Å². The summed E-state index contributed by atoms with van der Waals surface area (Å²) >= 11 is 0. The van der Waals surface area contributed by atoms with E-state index in [9.17, 15) is 4.79 Å². The summed E-state index contributed by atoms with van der Waals surface area (Å²) in [5.74, 6) is -0.578. The quantitative estimate of drug-likeness (QED) is 0.491. The molecule has 0 aliphatic heterocycles. The minimum atomic E-state index is -0.405. The average Bonchev–Trinajstić information content (AvgIpc) is 2.11. The Morgan fingerprint density at radius 2 is 2.08 bits per heavy atom. The Morgan fingerprint density at radius 1 is 1.54 bits per heavy atom. The van der Waals surface area contributed by atoms with E-state index >= 15 is 0 Å². The van der Waals surface area contributed by atoms with Crippen molar-refractivity contribution in [2.24, 2.45) is 11.8 Å². The van der Waals surface area contributed by atoms with Crippen molar-refractivity contribution in [2.75, 3.05) is 6.61 Å². The Balaban J connectivity index is 3.90. The Morgan fingerprint density at radius 3 is 2.46 bits per heavy atom. The molecule has 1 atom stereocenters. The third-order valence-corrected chi connectivity index (χ3v) is 1.64. The first kappa shape index (κ1) is 11.7. The molecule has 0 rings (SSSR count). The second-order valence-corrected chi connectivity index (χ2v) is 3.31. The van der Waals surface area contributed by atoms with Gasteiger partial charge in [0.1, 0.15) is 6.61 Å². The molecule has 0 N–H and O–H groups in total. The van der Waals surface area contributed by atoms with Gasteiger partial charge in [-0.1, -0.05) is 20.4 Å². The van der Waals surface area contributed by atoms with Gasteiger partial charge in [-0.3, -0.25) is 0 Å². The van der Waals surface area contributed by atoms with Crippen LogP contribution in [0.2, 0.25) is 0 Å². The molecule has 0 saturated heterocycles. The van der Waals surface area contributed by atoms with E-state index < -0.39 is 5.97 Å². The standard InChI is InChI=1S/C10H15NO2/c1-7(2)9(4)10(12)13-6-8(3)5-11/h7-8H,4,6H2,1-3H3.